The number of hydrogen-bond donors (Lipinski definition) is 1. The molecule has 0 aliphatic carbocycles. The molecule has 1 aromatic heterocycles. The van der Waals surface area contributed by atoms with Crippen LogP contribution >= 0.6 is 11.6 Å². The average Bonchev–Trinajstić information content (AvgIpc) is 2.37. The van der Waals surface area contributed by atoms with Crippen molar-refractivity contribution in [1.29, 1.82) is 0 Å². The van der Waals surface area contributed by atoms with E-state index in [1.807, 2.05) is 0 Å². The molecule has 0 saturated heterocycles. The van der Waals surface area contributed by atoms with Gasteiger partial charge in [-0.3, -0.25) is 0 Å². The Balaban J connectivity index is 2.20. The van der Waals surface area contributed by atoms with Crippen molar-refractivity contribution in [2.75, 3.05) is 45.9 Å². The SMILES string of the molecule is COCCOCCCNc1nc(Cl)nc(OC)n1. The maximum atomic E-state index is 5.71. The second-order valence-corrected chi connectivity index (χ2v) is 3.64. The molecule has 0 fully saturated rings. The van der Waals surface area contributed by atoms with Gasteiger partial charge in [0.05, 0.1) is 20.3 Å². The van der Waals surface area contributed by atoms with Crippen LogP contribution in [-0.4, -0.2) is 55.5 Å². The van der Waals surface area contributed by atoms with Crippen molar-refractivity contribution in [3.05, 3.63) is 5.28 Å². The minimum Gasteiger partial charge on any atom is -0.467 e. The number of halogens is 1. The molecule has 0 aliphatic heterocycles. The maximum Gasteiger partial charge on any atom is 0.322 e. The van der Waals surface area contributed by atoms with Gasteiger partial charge in [0.2, 0.25) is 11.2 Å². The Hall–Kier alpha value is -1.18. The van der Waals surface area contributed by atoms with E-state index in [1.165, 1.54) is 7.11 Å². The predicted octanol–water partition coefficient (Wildman–Crippen LogP) is 0.999. The zero-order valence-corrected chi connectivity index (χ0v) is 11.2. The second-order valence-electron chi connectivity index (χ2n) is 3.30. The molecule has 102 valence electrons. The first-order valence-corrected chi connectivity index (χ1v) is 5.90. The van der Waals surface area contributed by atoms with Crippen LogP contribution in [0.2, 0.25) is 5.28 Å². The standard InChI is InChI=1S/C10H17ClN4O3/c1-16-6-7-18-5-3-4-12-9-13-8(11)14-10(15-9)17-2/h3-7H2,1-2H3,(H,12,13,14,15). The predicted molar refractivity (Wildman–Crippen MR) is 67.2 cm³/mol. The van der Waals surface area contributed by atoms with Crippen LogP contribution in [-0.2, 0) is 9.47 Å². The lowest BCUT2D eigenvalue weighted by molar-refractivity contribution is 0.0705. The summed E-state index contributed by atoms with van der Waals surface area (Å²) in [6.07, 6.45) is 0.829. The summed E-state index contributed by atoms with van der Waals surface area (Å²) < 4.78 is 15.1. The Bertz CT molecular complexity index is 354. The molecule has 0 aromatic carbocycles. The van der Waals surface area contributed by atoms with E-state index in [4.69, 9.17) is 25.8 Å². The molecular weight excluding hydrogens is 260 g/mol. The van der Waals surface area contributed by atoms with Crippen LogP contribution in [0.1, 0.15) is 6.42 Å². The van der Waals surface area contributed by atoms with Crippen LogP contribution in [0.25, 0.3) is 0 Å². The highest BCUT2D eigenvalue weighted by molar-refractivity contribution is 6.28. The molecule has 0 aliphatic rings. The first-order valence-electron chi connectivity index (χ1n) is 5.52. The first-order chi connectivity index (χ1) is 8.76. The molecule has 1 rings (SSSR count). The molecule has 7 nitrogen and oxygen atoms in total. The van der Waals surface area contributed by atoms with E-state index in [-0.39, 0.29) is 11.3 Å². The summed E-state index contributed by atoms with van der Waals surface area (Å²) >= 11 is 5.71. The van der Waals surface area contributed by atoms with Gasteiger partial charge in [0.25, 0.3) is 0 Å². The lowest BCUT2D eigenvalue weighted by atomic mass is 10.4. The largest absolute Gasteiger partial charge is 0.467 e. The highest BCUT2D eigenvalue weighted by atomic mass is 35.5. The molecule has 1 aromatic rings. The highest BCUT2D eigenvalue weighted by Gasteiger charge is 2.03. The third-order valence-electron chi connectivity index (χ3n) is 1.95. The highest BCUT2D eigenvalue weighted by Crippen LogP contribution is 2.10. The van der Waals surface area contributed by atoms with Crippen molar-refractivity contribution in [2.24, 2.45) is 0 Å². The third kappa shape index (κ3) is 5.95. The van der Waals surface area contributed by atoms with E-state index < -0.39 is 0 Å². The minimum absolute atomic E-state index is 0.0979. The zero-order valence-electron chi connectivity index (χ0n) is 10.5. The van der Waals surface area contributed by atoms with Gasteiger partial charge in [-0.15, -0.1) is 0 Å². The zero-order chi connectivity index (χ0) is 13.2. The van der Waals surface area contributed by atoms with Crippen molar-refractivity contribution in [3.63, 3.8) is 0 Å². The number of nitrogens with zero attached hydrogens (tertiary/aromatic N) is 3. The van der Waals surface area contributed by atoms with Gasteiger partial charge in [-0.2, -0.15) is 15.0 Å². The fourth-order valence-electron chi connectivity index (χ4n) is 1.12. The van der Waals surface area contributed by atoms with E-state index >= 15 is 0 Å². The number of methoxy groups -OCH3 is 2. The molecule has 0 spiro atoms. The monoisotopic (exact) mass is 276 g/mol. The summed E-state index contributed by atoms with van der Waals surface area (Å²) in [7, 11) is 3.11. The van der Waals surface area contributed by atoms with Crippen molar-refractivity contribution in [2.45, 2.75) is 6.42 Å². The van der Waals surface area contributed by atoms with Gasteiger partial charge in [-0.25, -0.2) is 0 Å². The van der Waals surface area contributed by atoms with Gasteiger partial charge in [0, 0.05) is 20.3 Å². The molecule has 0 radical (unpaired) electrons. The number of anilines is 1. The summed E-state index contributed by atoms with van der Waals surface area (Å²) in [6, 6.07) is 0.189. The lowest BCUT2D eigenvalue weighted by Crippen LogP contribution is -2.11. The van der Waals surface area contributed by atoms with Gasteiger partial charge in [-0.05, 0) is 18.0 Å². The van der Waals surface area contributed by atoms with Crippen LogP contribution in [0, 0.1) is 0 Å². The van der Waals surface area contributed by atoms with Gasteiger partial charge in [0.15, 0.2) is 0 Å². The van der Waals surface area contributed by atoms with Crippen molar-refractivity contribution >= 4 is 17.5 Å². The number of aromatic nitrogens is 3. The first kappa shape index (κ1) is 14.9. The molecule has 0 unspecified atom stereocenters. The van der Waals surface area contributed by atoms with E-state index in [0.29, 0.717) is 32.3 Å². The second kappa shape index (κ2) is 8.84. The van der Waals surface area contributed by atoms with E-state index in [0.717, 1.165) is 6.42 Å². The number of ether oxygens (including phenoxy) is 3. The van der Waals surface area contributed by atoms with E-state index in [1.54, 1.807) is 7.11 Å². The normalized spacial score (nSPS) is 10.4. The molecule has 8 heteroatoms. The van der Waals surface area contributed by atoms with Gasteiger partial charge in [0.1, 0.15) is 0 Å². The lowest BCUT2D eigenvalue weighted by Gasteiger charge is -2.06. The number of hydrogen-bond acceptors (Lipinski definition) is 7. The molecule has 1 heterocycles. The Labute approximate surface area is 111 Å². The van der Waals surface area contributed by atoms with Crippen LogP contribution in [0.3, 0.4) is 0 Å². The van der Waals surface area contributed by atoms with E-state index in [2.05, 4.69) is 20.3 Å². The average molecular weight is 277 g/mol. The smallest absolute Gasteiger partial charge is 0.322 e. The Morgan fingerprint density at radius 2 is 1.94 bits per heavy atom. The third-order valence-corrected chi connectivity index (χ3v) is 2.12. The quantitative estimate of drug-likeness (QED) is 0.674. The minimum atomic E-state index is 0.0979. The Morgan fingerprint density at radius 1 is 1.11 bits per heavy atom. The Morgan fingerprint density at radius 3 is 2.67 bits per heavy atom. The van der Waals surface area contributed by atoms with Gasteiger partial charge in [-0.1, -0.05) is 0 Å². The van der Waals surface area contributed by atoms with Gasteiger partial charge >= 0.3 is 6.01 Å². The molecule has 1 N–H and O–H groups in total. The van der Waals surface area contributed by atoms with Crippen molar-refractivity contribution < 1.29 is 14.2 Å². The summed E-state index contributed by atoms with van der Waals surface area (Å²) in [6.45, 7) is 2.53. The van der Waals surface area contributed by atoms with Crippen LogP contribution < -0.4 is 10.1 Å². The van der Waals surface area contributed by atoms with Crippen LogP contribution in [0.15, 0.2) is 0 Å². The van der Waals surface area contributed by atoms with Crippen LogP contribution in [0.4, 0.5) is 5.95 Å². The molecular formula is C10H17ClN4O3. The summed E-state index contributed by atoms with van der Waals surface area (Å²) in [4.78, 5) is 11.7. The molecule has 0 atom stereocenters. The number of rotatable bonds is 9. The maximum absolute atomic E-state index is 5.71. The molecule has 0 amide bonds. The van der Waals surface area contributed by atoms with E-state index in [9.17, 15) is 0 Å². The van der Waals surface area contributed by atoms with Crippen molar-refractivity contribution in [1.82, 2.24) is 15.0 Å². The Kier molecular flexibility index (Phi) is 7.31. The van der Waals surface area contributed by atoms with Crippen molar-refractivity contribution in [3.8, 4) is 6.01 Å². The van der Waals surface area contributed by atoms with Gasteiger partial charge < -0.3 is 19.5 Å². The summed E-state index contributed by atoms with van der Waals surface area (Å²) in [5.74, 6) is 0.392. The fourth-order valence-corrected chi connectivity index (χ4v) is 1.27. The number of nitrogens with one attached hydrogen (secondary N) is 1. The molecule has 18 heavy (non-hydrogen) atoms. The summed E-state index contributed by atoms with van der Waals surface area (Å²) in [5.41, 5.74) is 0. The van der Waals surface area contributed by atoms with Crippen LogP contribution in [0.5, 0.6) is 6.01 Å². The molecule has 0 bridgehead atoms. The fraction of sp³-hybridized carbons (Fsp3) is 0.700. The topological polar surface area (TPSA) is 78.4 Å². The molecule has 0 saturated carbocycles. The summed E-state index contributed by atoms with van der Waals surface area (Å²) in [5, 5.41) is 3.11.